The van der Waals surface area contributed by atoms with Crippen molar-refractivity contribution in [3.05, 3.63) is 36.2 Å². The molecule has 0 unspecified atom stereocenters. The molecule has 2 aromatic rings. The third kappa shape index (κ3) is 4.06. The second-order valence-corrected chi connectivity index (χ2v) is 4.52. The van der Waals surface area contributed by atoms with E-state index in [1.54, 1.807) is 6.20 Å². The monoisotopic (exact) mass is 236 g/mol. The Morgan fingerprint density at radius 1 is 1.00 bits per heavy atom. The Balaban J connectivity index is 0.000000171. The van der Waals surface area contributed by atoms with Crippen LogP contribution in [-0.2, 0) is 0 Å². The van der Waals surface area contributed by atoms with Crippen LogP contribution in [0.25, 0.3) is 0 Å². The van der Waals surface area contributed by atoms with Crippen LogP contribution in [0.3, 0.4) is 0 Å². The number of hydrogen-bond acceptors (Lipinski definition) is 4. The van der Waals surface area contributed by atoms with Gasteiger partial charge in [0.1, 0.15) is 11.5 Å². The largest absolute Gasteiger partial charge is 0.448 e. The molecule has 0 aliphatic heterocycles. The molecule has 2 aromatic heterocycles. The molecule has 94 valence electrons. The third-order valence-electron chi connectivity index (χ3n) is 2.33. The molecule has 0 aliphatic carbocycles. The summed E-state index contributed by atoms with van der Waals surface area (Å²) in [7, 11) is 0. The lowest BCUT2D eigenvalue weighted by Gasteiger charge is -1.97. The van der Waals surface area contributed by atoms with Gasteiger partial charge in [0.25, 0.3) is 0 Å². The molecule has 0 N–H and O–H groups in total. The molecule has 2 heterocycles. The third-order valence-corrected chi connectivity index (χ3v) is 2.33. The average Bonchev–Trinajstić information content (AvgIpc) is 2.87. The lowest BCUT2D eigenvalue weighted by atomic mass is 10.1. The standard InChI is InChI=1S/C7H11NO.C6H9NO/c1-5(2)7-6(3)8-4-9-7;1-5(2)6-3-7-4-8-6/h4-5H,1-3H3;3-5H,1-2H3. The fourth-order valence-electron chi connectivity index (χ4n) is 1.38. The van der Waals surface area contributed by atoms with Crippen molar-refractivity contribution < 1.29 is 8.83 Å². The van der Waals surface area contributed by atoms with Gasteiger partial charge in [0.15, 0.2) is 12.8 Å². The molecule has 0 bridgehead atoms. The molecular weight excluding hydrogens is 216 g/mol. The second-order valence-electron chi connectivity index (χ2n) is 4.52. The number of aryl methyl sites for hydroxylation is 1. The Kier molecular flexibility index (Phi) is 4.94. The van der Waals surface area contributed by atoms with E-state index in [9.17, 15) is 0 Å². The minimum Gasteiger partial charge on any atom is -0.448 e. The van der Waals surface area contributed by atoms with Crippen molar-refractivity contribution in [1.82, 2.24) is 9.97 Å². The van der Waals surface area contributed by atoms with Crippen molar-refractivity contribution in [1.29, 1.82) is 0 Å². The van der Waals surface area contributed by atoms with Crippen molar-refractivity contribution in [2.75, 3.05) is 0 Å². The first-order valence-corrected chi connectivity index (χ1v) is 5.80. The van der Waals surface area contributed by atoms with E-state index >= 15 is 0 Å². The lowest BCUT2D eigenvalue weighted by Crippen LogP contribution is -1.86. The van der Waals surface area contributed by atoms with Gasteiger partial charge in [-0.1, -0.05) is 27.7 Å². The first-order valence-electron chi connectivity index (χ1n) is 5.80. The van der Waals surface area contributed by atoms with Gasteiger partial charge < -0.3 is 8.83 Å². The summed E-state index contributed by atoms with van der Waals surface area (Å²) in [6.07, 6.45) is 4.69. The highest BCUT2D eigenvalue weighted by molar-refractivity contribution is 5.08. The lowest BCUT2D eigenvalue weighted by molar-refractivity contribution is 0.480. The van der Waals surface area contributed by atoms with Gasteiger partial charge in [-0.2, -0.15) is 0 Å². The topological polar surface area (TPSA) is 52.1 Å². The van der Waals surface area contributed by atoms with Crippen molar-refractivity contribution in [2.24, 2.45) is 0 Å². The number of rotatable bonds is 2. The minimum absolute atomic E-state index is 0.451. The van der Waals surface area contributed by atoms with Crippen molar-refractivity contribution in [2.45, 2.75) is 46.5 Å². The zero-order valence-corrected chi connectivity index (χ0v) is 11.1. The molecule has 0 saturated heterocycles. The number of aromatic nitrogens is 2. The zero-order chi connectivity index (χ0) is 12.8. The van der Waals surface area contributed by atoms with Crippen molar-refractivity contribution in [3.63, 3.8) is 0 Å². The highest BCUT2D eigenvalue weighted by atomic mass is 16.3. The molecule has 4 heteroatoms. The molecule has 0 fully saturated rings. The quantitative estimate of drug-likeness (QED) is 0.793. The van der Waals surface area contributed by atoms with E-state index in [2.05, 4.69) is 37.7 Å². The molecule has 4 nitrogen and oxygen atoms in total. The first kappa shape index (κ1) is 13.5. The van der Waals surface area contributed by atoms with Crippen LogP contribution in [0.1, 0.15) is 56.7 Å². The Morgan fingerprint density at radius 3 is 1.94 bits per heavy atom. The Morgan fingerprint density at radius 2 is 1.71 bits per heavy atom. The highest BCUT2D eigenvalue weighted by Crippen LogP contribution is 2.16. The predicted molar refractivity (Wildman–Crippen MR) is 65.9 cm³/mol. The number of nitrogens with zero attached hydrogens (tertiary/aromatic N) is 2. The van der Waals surface area contributed by atoms with Crippen LogP contribution in [0.15, 0.2) is 27.8 Å². The number of hydrogen-bond donors (Lipinski definition) is 0. The summed E-state index contributed by atoms with van der Waals surface area (Å²) in [5.74, 6) is 2.85. The van der Waals surface area contributed by atoms with Gasteiger partial charge in [0.05, 0.1) is 11.9 Å². The van der Waals surface area contributed by atoms with Crippen LogP contribution < -0.4 is 0 Å². The maximum absolute atomic E-state index is 5.11. The molecule has 2 rings (SSSR count). The molecule has 0 spiro atoms. The minimum atomic E-state index is 0.451. The van der Waals surface area contributed by atoms with Gasteiger partial charge in [-0.25, -0.2) is 9.97 Å². The van der Waals surface area contributed by atoms with E-state index in [4.69, 9.17) is 8.83 Å². The number of oxazole rings is 2. The zero-order valence-electron chi connectivity index (χ0n) is 11.1. The fraction of sp³-hybridized carbons (Fsp3) is 0.538. The van der Waals surface area contributed by atoms with Gasteiger partial charge in [-0.15, -0.1) is 0 Å². The first-order chi connectivity index (χ1) is 8.02. The van der Waals surface area contributed by atoms with Crippen LogP contribution in [-0.4, -0.2) is 9.97 Å². The molecule has 0 amide bonds. The van der Waals surface area contributed by atoms with Crippen molar-refractivity contribution in [3.8, 4) is 0 Å². The van der Waals surface area contributed by atoms with Gasteiger partial charge in [-0.05, 0) is 6.92 Å². The average molecular weight is 236 g/mol. The summed E-state index contributed by atoms with van der Waals surface area (Å²) in [5.41, 5.74) is 1.00. The van der Waals surface area contributed by atoms with Gasteiger partial charge in [0.2, 0.25) is 0 Å². The second kappa shape index (κ2) is 6.23. The van der Waals surface area contributed by atoms with E-state index < -0.39 is 0 Å². The van der Waals surface area contributed by atoms with E-state index in [1.807, 2.05) is 6.92 Å². The normalized spacial score (nSPS) is 10.5. The molecular formula is C13H20N2O2. The van der Waals surface area contributed by atoms with E-state index in [-0.39, 0.29) is 0 Å². The summed E-state index contributed by atoms with van der Waals surface area (Å²) in [4.78, 5) is 7.75. The van der Waals surface area contributed by atoms with Crippen LogP contribution in [0.4, 0.5) is 0 Å². The van der Waals surface area contributed by atoms with Crippen LogP contribution in [0, 0.1) is 6.92 Å². The summed E-state index contributed by atoms with van der Waals surface area (Å²) in [6.45, 7) is 10.3. The summed E-state index contributed by atoms with van der Waals surface area (Å²) < 4.78 is 10.1. The molecule has 0 saturated carbocycles. The van der Waals surface area contributed by atoms with Crippen LogP contribution in [0.2, 0.25) is 0 Å². The summed E-state index contributed by atoms with van der Waals surface area (Å²) in [5, 5.41) is 0. The smallest absolute Gasteiger partial charge is 0.181 e. The van der Waals surface area contributed by atoms with Gasteiger partial charge in [-0.3, -0.25) is 0 Å². The molecule has 0 radical (unpaired) electrons. The van der Waals surface area contributed by atoms with E-state index in [0.717, 1.165) is 17.2 Å². The molecule has 17 heavy (non-hydrogen) atoms. The Hall–Kier alpha value is -1.58. The maximum Gasteiger partial charge on any atom is 0.181 e. The Labute approximate surface area is 102 Å². The van der Waals surface area contributed by atoms with E-state index in [1.165, 1.54) is 12.8 Å². The maximum atomic E-state index is 5.11. The highest BCUT2D eigenvalue weighted by Gasteiger charge is 2.06. The van der Waals surface area contributed by atoms with Crippen LogP contribution in [0.5, 0.6) is 0 Å². The molecule has 0 aliphatic rings. The summed E-state index contributed by atoms with van der Waals surface area (Å²) in [6, 6.07) is 0. The Bertz CT molecular complexity index is 416. The van der Waals surface area contributed by atoms with E-state index in [0.29, 0.717) is 11.8 Å². The van der Waals surface area contributed by atoms with Gasteiger partial charge >= 0.3 is 0 Å². The fourth-order valence-corrected chi connectivity index (χ4v) is 1.38. The van der Waals surface area contributed by atoms with Crippen LogP contribution >= 0.6 is 0 Å². The summed E-state index contributed by atoms with van der Waals surface area (Å²) >= 11 is 0. The van der Waals surface area contributed by atoms with Gasteiger partial charge in [0, 0.05) is 11.8 Å². The predicted octanol–water partition coefficient (Wildman–Crippen LogP) is 3.90. The SMILES string of the molecule is CC(C)c1cnco1.Cc1ncoc1C(C)C. The molecule has 0 atom stereocenters. The molecule has 0 aromatic carbocycles. The van der Waals surface area contributed by atoms with Crippen molar-refractivity contribution >= 4 is 0 Å².